The lowest BCUT2D eigenvalue weighted by molar-refractivity contribution is -0.141. The van der Waals surface area contributed by atoms with Gasteiger partial charge < -0.3 is 10.1 Å². The summed E-state index contributed by atoms with van der Waals surface area (Å²) >= 11 is 0. The molecule has 1 aliphatic rings. The van der Waals surface area contributed by atoms with Crippen molar-refractivity contribution in [3.63, 3.8) is 0 Å². The molecule has 0 saturated heterocycles. The number of hydrogen-bond donors (Lipinski definition) is 1. The maximum Gasteiger partial charge on any atom is 0.307 e. The van der Waals surface area contributed by atoms with Gasteiger partial charge in [-0.2, -0.15) is 0 Å². The molecule has 0 amide bonds. The van der Waals surface area contributed by atoms with Gasteiger partial charge in [0.15, 0.2) is 0 Å². The highest BCUT2D eigenvalue weighted by atomic mass is 16.5. The first kappa shape index (κ1) is 7.54. The van der Waals surface area contributed by atoms with Crippen molar-refractivity contribution < 1.29 is 9.53 Å². The van der Waals surface area contributed by atoms with E-state index in [1.54, 1.807) is 0 Å². The molecule has 0 aromatic heterocycles. The van der Waals surface area contributed by atoms with E-state index in [4.69, 9.17) is 0 Å². The molecule has 3 nitrogen and oxygen atoms in total. The van der Waals surface area contributed by atoms with E-state index < -0.39 is 0 Å². The molecule has 0 unspecified atom stereocenters. The monoisotopic (exact) mass is 143 g/mol. The number of ether oxygens (including phenoxy) is 1. The predicted octanol–water partition coefficient (Wildman–Crippen LogP) is 0.301. The normalized spacial score (nSPS) is 20.2. The van der Waals surface area contributed by atoms with Gasteiger partial charge in [-0.25, -0.2) is 0 Å². The highest BCUT2D eigenvalue weighted by Crippen LogP contribution is 2.38. The van der Waals surface area contributed by atoms with E-state index in [2.05, 4.69) is 10.1 Å². The molecular weight excluding hydrogens is 130 g/mol. The first-order valence-corrected chi connectivity index (χ1v) is 3.48. The second-order valence-corrected chi connectivity index (χ2v) is 2.78. The molecular formula is C7H13NO2. The lowest BCUT2D eigenvalue weighted by Gasteiger charge is -2.10. The molecule has 0 spiro atoms. The average molecular weight is 143 g/mol. The Morgan fingerprint density at radius 3 is 2.60 bits per heavy atom. The van der Waals surface area contributed by atoms with Gasteiger partial charge in [-0.15, -0.1) is 0 Å². The van der Waals surface area contributed by atoms with Crippen LogP contribution in [0.4, 0.5) is 0 Å². The highest BCUT2D eigenvalue weighted by Gasteiger charge is 2.43. The summed E-state index contributed by atoms with van der Waals surface area (Å²) in [5.41, 5.74) is 0.0904. The minimum Gasteiger partial charge on any atom is -0.469 e. The van der Waals surface area contributed by atoms with E-state index in [0.29, 0.717) is 6.42 Å². The maximum absolute atomic E-state index is 10.8. The molecule has 0 atom stereocenters. The van der Waals surface area contributed by atoms with Crippen LogP contribution in [-0.2, 0) is 9.53 Å². The van der Waals surface area contributed by atoms with Gasteiger partial charge >= 0.3 is 5.97 Å². The van der Waals surface area contributed by atoms with Gasteiger partial charge in [0.25, 0.3) is 0 Å². The fourth-order valence-corrected chi connectivity index (χ4v) is 1.01. The molecule has 10 heavy (non-hydrogen) atoms. The summed E-state index contributed by atoms with van der Waals surface area (Å²) in [6.45, 7) is 0. The van der Waals surface area contributed by atoms with E-state index in [-0.39, 0.29) is 11.5 Å². The number of methoxy groups -OCH3 is 1. The molecule has 1 N–H and O–H groups in total. The number of carbonyl (C=O) groups excluding carboxylic acids is 1. The first-order chi connectivity index (χ1) is 4.72. The van der Waals surface area contributed by atoms with Crippen molar-refractivity contribution in [1.29, 1.82) is 0 Å². The third-order valence-electron chi connectivity index (χ3n) is 2.09. The Kier molecular flexibility index (Phi) is 1.94. The highest BCUT2D eigenvalue weighted by molar-refractivity contribution is 5.71. The second kappa shape index (κ2) is 2.58. The lowest BCUT2D eigenvalue weighted by atomic mass is 10.2. The van der Waals surface area contributed by atoms with Crippen molar-refractivity contribution in [3.8, 4) is 0 Å². The number of carbonyl (C=O) groups is 1. The number of rotatable bonds is 3. The Hall–Kier alpha value is -0.570. The fourth-order valence-electron chi connectivity index (χ4n) is 1.01. The molecule has 0 aliphatic heterocycles. The van der Waals surface area contributed by atoms with E-state index in [0.717, 1.165) is 12.8 Å². The Bertz CT molecular complexity index is 141. The minimum absolute atomic E-state index is 0.0904. The fraction of sp³-hybridized carbons (Fsp3) is 0.857. The summed E-state index contributed by atoms with van der Waals surface area (Å²) in [4.78, 5) is 10.8. The lowest BCUT2D eigenvalue weighted by Crippen LogP contribution is -2.30. The summed E-state index contributed by atoms with van der Waals surface area (Å²) in [7, 11) is 3.31. The molecule has 58 valence electrons. The second-order valence-electron chi connectivity index (χ2n) is 2.78. The summed E-state index contributed by atoms with van der Waals surface area (Å²) in [6.07, 6.45) is 2.71. The molecule has 1 aliphatic carbocycles. The number of esters is 1. The molecule has 3 heteroatoms. The van der Waals surface area contributed by atoms with Crippen LogP contribution in [0.3, 0.4) is 0 Å². The predicted molar refractivity (Wildman–Crippen MR) is 37.7 cm³/mol. The van der Waals surface area contributed by atoms with Crippen LogP contribution in [0.1, 0.15) is 19.3 Å². The van der Waals surface area contributed by atoms with E-state index in [1.807, 2.05) is 7.05 Å². The molecule has 0 radical (unpaired) electrons. The van der Waals surface area contributed by atoms with Crippen LogP contribution in [0, 0.1) is 0 Å². The smallest absolute Gasteiger partial charge is 0.307 e. The zero-order valence-corrected chi connectivity index (χ0v) is 6.44. The van der Waals surface area contributed by atoms with Gasteiger partial charge in [-0.1, -0.05) is 0 Å². The standard InChI is InChI=1S/C7H13NO2/c1-8-7(3-4-7)5-6(9)10-2/h8H,3-5H2,1-2H3. The van der Waals surface area contributed by atoms with Crippen molar-refractivity contribution in [2.45, 2.75) is 24.8 Å². The maximum atomic E-state index is 10.8. The van der Waals surface area contributed by atoms with Gasteiger partial charge in [0.1, 0.15) is 0 Å². The van der Waals surface area contributed by atoms with Crippen LogP contribution in [0.5, 0.6) is 0 Å². The van der Waals surface area contributed by atoms with Crippen molar-refractivity contribution >= 4 is 5.97 Å². The average Bonchev–Trinajstić information content (AvgIpc) is 2.70. The number of hydrogen-bond acceptors (Lipinski definition) is 3. The van der Waals surface area contributed by atoms with Crippen LogP contribution < -0.4 is 5.32 Å². The van der Waals surface area contributed by atoms with Gasteiger partial charge in [-0.05, 0) is 19.9 Å². The summed E-state index contributed by atoms with van der Waals surface area (Å²) in [5, 5.41) is 3.12. The Balaban J connectivity index is 2.30. The third-order valence-corrected chi connectivity index (χ3v) is 2.09. The van der Waals surface area contributed by atoms with E-state index >= 15 is 0 Å². The molecule has 0 aromatic rings. The van der Waals surface area contributed by atoms with Crippen LogP contribution >= 0.6 is 0 Å². The summed E-state index contributed by atoms with van der Waals surface area (Å²) in [6, 6.07) is 0. The molecule has 1 fully saturated rings. The molecule has 1 rings (SSSR count). The molecule has 0 heterocycles. The van der Waals surface area contributed by atoms with Gasteiger partial charge in [0.2, 0.25) is 0 Å². The zero-order chi connectivity index (χ0) is 7.61. The molecule has 1 saturated carbocycles. The Morgan fingerprint density at radius 2 is 2.30 bits per heavy atom. The topological polar surface area (TPSA) is 38.3 Å². The van der Waals surface area contributed by atoms with Crippen molar-refractivity contribution in [2.24, 2.45) is 0 Å². The third kappa shape index (κ3) is 1.48. The van der Waals surface area contributed by atoms with Crippen LogP contribution in [0.2, 0.25) is 0 Å². The SMILES string of the molecule is CNC1(CC(=O)OC)CC1. The van der Waals surface area contributed by atoms with Gasteiger partial charge in [0, 0.05) is 5.54 Å². The largest absolute Gasteiger partial charge is 0.469 e. The first-order valence-electron chi connectivity index (χ1n) is 3.48. The van der Waals surface area contributed by atoms with E-state index in [9.17, 15) is 4.79 Å². The Labute approximate surface area is 60.7 Å². The minimum atomic E-state index is -0.119. The summed E-state index contributed by atoms with van der Waals surface area (Å²) < 4.78 is 4.55. The van der Waals surface area contributed by atoms with Crippen LogP contribution in [-0.4, -0.2) is 25.7 Å². The van der Waals surface area contributed by atoms with E-state index in [1.165, 1.54) is 7.11 Å². The van der Waals surface area contributed by atoms with Crippen LogP contribution in [0.15, 0.2) is 0 Å². The van der Waals surface area contributed by atoms with Gasteiger partial charge in [-0.3, -0.25) is 4.79 Å². The van der Waals surface area contributed by atoms with Crippen LogP contribution in [0.25, 0.3) is 0 Å². The van der Waals surface area contributed by atoms with Gasteiger partial charge in [0.05, 0.1) is 13.5 Å². The zero-order valence-electron chi connectivity index (χ0n) is 6.44. The molecule has 0 bridgehead atoms. The van der Waals surface area contributed by atoms with Crippen molar-refractivity contribution in [1.82, 2.24) is 5.32 Å². The number of nitrogens with one attached hydrogen (secondary N) is 1. The Morgan fingerprint density at radius 1 is 1.70 bits per heavy atom. The van der Waals surface area contributed by atoms with Crippen molar-refractivity contribution in [2.75, 3.05) is 14.2 Å². The summed E-state index contributed by atoms with van der Waals surface area (Å²) in [5.74, 6) is -0.119. The molecule has 0 aromatic carbocycles. The van der Waals surface area contributed by atoms with Crippen molar-refractivity contribution in [3.05, 3.63) is 0 Å². The quantitative estimate of drug-likeness (QED) is 0.577.